The molecule has 1 N–H and O–H groups in total. The van der Waals surface area contributed by atoms with Gasteiger partial charge in [-0.05, 0) is 26.7 Å². The molecule has 0 saturated heterocycles. The van der Waals surface area contributed by atoms with Crippen LogP contribution in [0.3, 0.4) is 0 Å². The Balaban J connectivity index is 2.76. The van der Waals surface area contributed by atoms with Crippen LogP contribution in [0, 0.1) is 12.8 Å². The van der Waals surface area contributed by atoms with Crippen molar-refractivity contribution in [2.45, 2.75) is 47.1 Å². The number of nitrogens with one attached hydrogen (secondary N) is 1. The summed E-state index contributed by atoms with van der Waals surface area (Å²) in [4.78, 5) is 8.71. The van der Waals surface area contributed by atoms with Gasteiger partial charge in [0.05, 0.1) is 6.61 Å². The highest BCUT2D eigenvalue weighted by molar-refractivity contribution is 5.31. The minimum absolute atomic E-state index is 0.358. The van der Waals surface area contributed by atoms with Crippen LogP contribution in [0.15, 0.2) is 6.07 Å². The highest BCUT2D eigenvalue weighted by Crippen LogP contribution is 2.15. The van der Waals surface area contributed by atoms with Gasteiger partial charge in [-0.3, -0.25) is 0 Å². The minimum atomic E-state index is 0.358. The average molecular weight is 237 g/mol. The van der Waals surface area contributed by atoms with Crippen LogP contribution in [0.2, 0.25) is 0 Å². The molecule has 0 amide bonds. The van der Waals surface area contributed by atoms with Gasteiger partial charge < -0.3 is 10.1 Å². The molecule has 1 aromatic rings. The number of nitrogens with zero attached hydrogens (tertiary/aromatic N) is 2. The predicted molar refractivity (Wildman–Crippen MR) is 70.5 cm³/mol. The third kappa shape index (κ3) is 4.21. The van der Waals surface area contributed by atoms with Crippen LogP contribution in [0.5, 0.6) is 5.88 Å². The predicted octanol–water partition coefficient (Wildman–Crippen LogP) is 3.03. The number of hydrogen-bond acceptors (Lipinski definition) is 4. The average Bonchev–Trinajstić information content (AvgIpc) is 2.27. The maximum atomic E-state index is 5.40. The smallest absolute Gasteiger partial charge is 0.226 e. The van der Waals surface area contributed by atoms with Crippen molar-refractivity contribution in [3.05, 3.63) is 11.8 Å². The van der Waals surface area contributed by atoms with Crippen LogP contribution in [0.1, 0.15) is 39.8 Å². The molecule has 0 saturated carbocycles. The molecule has 0 aromatic carbocycles. The molecule has 4 heteroatoms. The molecule has 2 atom stereocenters. The third-order valence-electron chi connectivity index (χ3n) is 2.98. The van der Waals surface area contributed by atoms with Crippen molar-refractivity contribution < 1.29 is 4.74 Å². The fourth-order valence-corrected chi connectivity index (χ4v) is 1.53. The largest absolute Gasteiger partial charge is 0.478 e. The van der Waals surface area contributed by atoms with E-state index in [1.807, 2.05) is 19.9 Å². The van der Waals surface area contributed by atoms with Crippen molar-refractivity contribution in [2.75, 3.05) is 11.9 Å². The summed E-state index contributed by atoms with van der Waals surface area (Å²) in [5, 5.41) is 3.33. The van der Waals surface area contributed by atoms with E-state index in [9.17, 15) is 0 Å². The molecule has 0 aliphatic heterocycles. The summed E-state index contributed by atoms with van der Waals surface area (Å²) in [6.45, 7) is 11.1. The fraction of sp³-hybridized carbons (Fsp3) is 0.692. The monoisotopic (exact) mass is 237 g/mol. The van der Waals surface area contributed by atoms with Gasteiger partial charge in [0.25, 0.3) is 0 Å². The number of ether oxygens (including phenoxy) is 1. The van der Waals surface area contributed by atoms with E-state index in [1.54, 1.807) is 0 Å². The van der Waals surface area contributed by atoms with Crippen LogP contribution < -0.4 is 10.1 Å². The van der Waals surface area contributed by atoms with Crippen molar-refractivity contribution in [1.29, 1.82) is 0 Å². The molecule has 0 radical (unpaired) electrons. The van der Waals surface area contributed by atoms with Gasteiger partial charge in [0.15, 0.2) is 0 Å². The summed E-state index contributed by atoms with van der Waals surface area (Å²) >= 11 is 0. The van der Waals surface area contributed by atoms with E-state index in [0.29, 0.717) is 30.4 Å². The minimum Gasteiger partial charge on any atom is -0.478 e. The van der Waals surface area contributed by atoms with Crippen molar-refractivity contribution in [2.24, 2.45) is 5.92 Å². The lowest BCUT2D eigenvalue weighted by atomic mass is 10.0. The van der Waals surface area contributed by atoms with Crippen molar-refractivity contribution in [3.8, 4) is 5.88 Å². The first-order chi connectivity index (χ1) is 8.06. The van der Waals surface area contributed by atoms with E-state index in [0.717, 1.165) is 12.1 Å². The molecule has 96 valence electrons. The van der Waals surface area contributed by atoms with Crippen LogP contribution in [0.25, 0.3) is 0 Å². The molecule has 0 bridgehead atoms. The SMILES string of the molecule is CCOc1cc(C)nc(NC(C)C(C)CC)n1. The molecule has 0 aliphatic rings. The second-order valence-electron chi connectivity index (χ2n) is 4.42. The molecule has 1 heterocycles. The van der Waals surface area contributed by atoms with E-state index < -0.39 is 0 Å². The maximum absolute atomic E-state index is 5.40. The van der Waals surface area contributed by atoms with Crippen LogP contribution in [0.4, 0.5) is 5.95 Å². The van der Waals surface area contributed by atoms with Gasteiger partial charge >= 0.3 is 0 Å². The summed E-state index contributed by atoms with van der Waals surface area (Å²) in [5.41, 5.74) is 0.919. The molecule has 0 fully saturated rings. The van der Waals surface area contributed by atoms with E-state index in [-0.39, 0.29) is 0 Å². The number of rotatable bonds is 6. The lowest BCUT2D eigenvalue weighted by Gasteiger charge is -2.20. The molecule has 1 aromatic heterocycles. The molecular weight excluding hydrogens is 214 g/mol. The highest BCUT2D eigenvalue weighted by Gasteiger charge is 2.12. The highest BCUT2D eigenvalue weighted by atomic mass is 16.5. The van der Waals surface area contributed by atoms with Crippen LogP contribution in [-0.2, 0) is 0 Å². The van der Waals surface area contributed by atoms with E-state index in [1.165, 1.54) is 0 Å². The fourth-order valence-electron chi connectivity index (χ4n) is 1.53. The molecule has 1 rings (SSSR count). The van der Waals surface area contributed by atoms with Crippen molar-refractivity contribution in [3.63, 3.8) is 0 Å². The number of hydrogen-bond donors (Lipinski definition) is 1. The normalized spacial score (nSPS) is 14.2. The number of aryl methyl sites for hydroxylation is 1. The first-order valence-corrected chi connectivity index (χ1v) is 6.31. The first-order valence-electron chi connectivity index (χ1n) is 6.31. The maximum Gasteiger partial charge on any atom is 0.226 e. The molecular formula is C13H23N3O. The quantitative estimate of drug-likeness (QED) is 0.826. The lowest BCUT2D eigenvalue weighted by molar-refractivity contribution is 0.326. The number of aromatic nitrogens is 2. The van der Waals surface area contributed by atoms with Crippen LogP contribution >= 0.6 is 0 Å². The second kappa shape index (κ2) is 6.42. The van der Waals surface area contributed by atoms with Gasteiger partial charge in [-0.15, -0.1) is 0 Å². The molecule has 0 aliphatic carbocycles. The van der Waals surface area contributed by atoms with Gasteiger partial charge in [0, 0.05) is 17.8 Å². The standard InChI is InChI=1S/C13H23N3O/c1-6-9(3)11(5)15-13-14-10(4)8-12(16-13)17-7-2/h8-9,11H,6-7H2,1-5H3,(H,14,15,16). The second-order valence-corrected chi connectivity index (χ2v) is 4.42. The zero-order chi connectivity index (χ0) is 12.8. The molecule has 2 unspecified atom stereocenters. The summed E-state index contributed by atoms with van der Waals surface area (Å²) in [6, 6.07) is 2.21. The zero-order valence-electron chi connectivity index (χ0n) is 11.4. The molecule has 4 nitrogen and oxygen atoms in total. The van der Waals surface area contributed by atoms with E-state index >= 15 is 0 Å². The Labute approximate surface area is 104 Å². The summed E-state index contributed by atoms with van der Waals surface area (Å²) in [5.74, 6) is 1.88. The Kier molecular flexibility index (Phi) is 5.19. The third-order valence-corrected chi connectivity index (χ3v) is 2.98. The van der Waals surface area contributed by atoms with Gasteiger partial charge in [0.1, 0.15) is 0 Å². The van der Waals surface area contributed by atoms with E-state index in [2.05, 4.69) is 36.1 Å². The first kappa shape index (κ1) is 13.7. The lowest BCUT2D eigenvalue weighted by Crippen LogP contribution is -2.24. The van der Waals surface area contributed by atoms with Gasteiger partial charge in [0.2, 0.25) is 11.8 Å². The van der Waals surface area contributed by atoms with Gasteiger partial charge in [-0.1, -0.05) is 20.3 Å². The summed E-state index contributed by atoms with van der Waals surface area (Å²) in [6.07, 6.45) is 1.14. The number of anilines is 1. The van der Waals surface area contributed by atoms with Crippen molar-refractivity contribution in [1.82, 2.24) is 9.97 Å². The zero-order valence-corrected chi connectivity index (χ0v) is 11.4. The topological polar surface area (TPSA) is 47.0 Å². The Bertz CT molecular complexity index is 355. The summed E-state index contributed by atoms with van der Waals surface area (Å²) < 4.78 is 5.40. The Hall–Kier alpha value is -1.32. The van der Waals surface area contributed by atoms with Crippen molar-refractivity contribution >= 4 is 5.95 Å². The van der Waals surface area contributed by atoms with Crippen LogP contribution in [-0.4, -0.2) is 22.6 Å². The Morgan fingerprint density at radius 2 is 2.00 bits per heavy atom. The summed E-state index contributed by atoms with van der Waals surface area (Å²) in [7, 11) is 0. The Morgan fingerprint density at radius 1 is 1.29 bits per heavy atom. The molecule has 0 spiro atoms. The van der Waals surface area contributed by atoms with Gasteiger partial charge in [-0.2, -0.15) is 4.98 Å². The molecule has 17 heavy (non-hydrogen) atoms. The van der Waals surface area contributed by atoms with E-state index in [4.69, 9.17) is 4.74 Å². The Morgan fingerprint density at radius 3 is 2.59 bits per heavy atom. The van der Waals surface area contributed by atoms with Gasteiger partial charge in [-0.25, -0.2) is 4.98 Å².